The lowest BCUT2D eigenvalue weighted by atomic mass is 10.0. The first-order chi connectivity index (χ1) is 19.1. The molecule has 0 bridgehead atoms. The van der Waals surface area contributed by atoms with Crippen molar-refractivity contribution in [1.82, 2.24) is 4.90 Å². The fourth-order valence-electron chi connectivity index (χ4n) is 5.39. The third-order valence-corrected chi connectivity index (χ3v) is 8.28. The van der Waals surface area contributed by atoms with Gasteiger partial charge in [0.15, 0.2) is 0 Å². The van der Waals surface area contributed by atoms with E-state index < -0.39 is 0 Å². The summed E-state index contributed by atoms with van der Waals surface area (Å²) in [7, 11) is 0. The lowest BCUT2D eigenvalue weighted by Crippen LogP contribution is -2.26. The first kappa shape index (κ1) is 40.6. The lowest BCUT2D eigenvalue weighted by Gasteiger charge is -2.21. The predicted molar refractivity (Wildman–Crippen MR) is 183 cm³/mol. The molecule has 0 saturated carbocycles. The summed E-state index contributed by atoms with van der Waals surface area (Å²) >= 11 is 0. The Morgan fingerprint density at radius 1 is 0.385 bits per heavy atom. The molecule has 0 spiro atoms. The van der Waals surface area contributed by atoms with Gasteiger partial charge in [0, 0.05) is 13.1 Å². The van der Waals surface area contributed by atoms with Crippen LogP contribution in [-0.4, -0.2) is 24.5 Å². The van der Waals surface area contributed by atoms with Gasteiger partial charge in [0.05, 0.1) is 0 Å². The molecule has 0 aliphatic carbocycles. The van der Waals surface area contributed by atoms with Crippen LogP contribution >= 0.6 is 0 Å². The van der Waals surface area contributed by atoms with Gasteiger partial charge >= 0.3 is 0 Å². The molecule has 0 radical (unpaired) electrons. The maximum atomic E-state index is 4.39. The van der Waals surface area contributed by atoms with Crippen molar-refractivity contribution in [3.63, 3.8) is 0 Å². The minimum Gasteiger partial charge on any atom is -0.303 e. The van der Waals surface area contributed by atoms with Gasteiger partial charge in [-0.05, 0) is 45.1 Å². The van der Waals surface area contributed by atoms with Crippen molar-refractivity contribution >= 4 is 0 Å². The Morgan fingerprint density at radius 3 is 0.897 bits per heavy atom. The molecular formula is C38H77N. The Labute approximate surface area is 250 Å². The minimum absolute atomic E-state index is 1.15. The van der Waals surface area contributed by atoms with E-state index in [1.165, 1.54) is 191 Å². The quantitative estimate of drug-likeness (QED) is 0.0616. The van der Waals surface area contributed by atoms with E-state index in [1.807, 2.05) is 13.8 Å². The van der Waals surface area contributed by atoms with Crippen LogP contribution in [0.2, 0.25) is 0 Å². The van der Waals surface area contributed by atoms with Gasteiger partial charge in [0.2, 0.25) is 0 Å². The molecule has 1 heteroatoms. The van der Waals surface area contributed by atoms with Gasteiger partial charge in [-0.3, -0.25) is 0 Å². The van der Waals surface area contributed by atoms with Crippen LogP contribution in [0.15, 0.2) is 24.3 Å². The van der Waals surface area contributed by atoms with Crippen LogP contribution in [0.3, 0.4) is 0 Å². The van der Waals surface area contributed by atoms with Gasteiger partial charge in [0.25, 0.3) is 0 Å². The highest BCUT2D eigenvalue weighted by molar-refractivity contribution is 4.96. The first-order valence-electron chi connectivity index (χ1n) is 18.2. The maximum absolute atomic E-state index is 4.39. The number of rotatable bonds is 31. The zero-order chi connectivity index (χ0) is 29.2. The summed E-state index contributed by atoms with van der Waals surface area (Å²) in [4.78, 5) is 2.61. The standard InChI is InChI=1S/C36H71N.C2H6/c1-6-9-11-13-15-17-19-21-23-25-27-29-35(4)31-33-37(8-3)34-32-36(5)30-28-26-24-22-20-18-16-14-12-10-7-2;1-2/h4-34H2,1-3H3;1-2H3. The summed E-state index contributed by atoms with van der Waals surface area (Å²) in [5, 5.41) is 0. The molecule has 1 nitrogen and oxygen atoms in total. The molecule has 0 fully saturated rings. The van der Waals surface area contributed by atoms with Gasteiger partial charge < -0.3 is 4.90 Å². The van der Waals surface area contributed by atoms with Gasteiger partial charge in [0.1, 0.15) is 0 Å². The third-order valence-electron chi connectivity index (χ3n) is 8.28. The second kappa shape index (κ2) is 35.5. The van der Waals surface area contributed by atoms with Crippen molar-refractivity contribution < 1.29 is 0 Å². The van der Waals surface area contributed by atoms with E-state index in [0.717, 1.165) is 6.54 Å². The van der Waals surface area contributed by atoms with Gasteiger partial charge in [-0.25, -0.2) is 0 Å². The van der Waals surface area contributed by atoms with Crippen LogP contribution in [0.4, 0.5) is 0 Å². The van der Waals surface area contributed by atoms with Crippen molar-refractivity contribution in [2.45, 2.75) is 202 Å². The van der Waals surface area contributed by atoms with Crippen molar-refractivity contribution in [1.29, 1.82) is 0 Å². The normalized spacial score (nSPS) is 11.0. The van der Waals surface area contributed by atoms with Crippen molar-refractivity contribution in [3.05, 3.63) is 24.3 Å². The molecule has 0 aromatic heterocycles. The number of hydrogen-bond acceptors (Lipinski definition) is 1. The molecule has 0 atom stereocenters. The zero-order valence-electron chi connectivity index (χ0n) is 28.4. The Balaban J connectivity index is 0. The van der Waals surface area contributed by atoms with E-state index in [1.54, 1.807) is 0 Å². The number of unbranched alkanes of at least 4 members (excludes halogenated alkanes) is 20. The Kier molecular flexibility index (Phi) is 36.9. The summed E-state index contributed by atoms with van der Waals surface area (Å²) < 4.78 is 0. The Morgan fingerprint density at radius 2 is 0.641 bits per heavy atom. The molecule has 0 unspecified atom stereocenters. The second-order valence-corrected chi connectivity index (χ2v) is 12.0. The molecule has 0 aromatic rings. The molecule has 0 aromatic carbocycles. The van der Waals surface area contributed by atoms with E-state index in [4.69, 9.17) is 0 Å². The molecule has 0 aliphatic heterocycles. The molecule has 0 heterocycles. The average Bonchev–Trinajstić information content (AvgIpc) is 2.95. The van der Waals surface area contributed by atoms with Crippen LogP contribution in [-0.2, 0) is 0 Å². The van der Waals surface area contributed by atoms with Crippen LogP contribution in [0.25, 0.3) is 0 Å². The molecular weight excluding hydrogens is 470 g/mol. The summed E-state index contributed by atoms with van der Waals surface area (Å²) in [6, 6.07) is 0. The van der Waals surface area contributed by atoms with E-state index in [0.29, 0.717) is 0 Å². The van der Waals surface area contributed by atoms with Crippen LogP contribution in [0, 0.1) is 0 Å². The first-order valence-corrected chi connectivity index (χ1v) is 18.2. The van der Waals surface area contributed by atoms with Gasteiger partial charge in [-0.15, -0.1) is 0 Å². The Hall–Kier alpha value is -0.560. The van der Waals surface area contributed by atoms with Crippen LogP contribution < -0.4 is 0 Å². The smallest absolute Gasteiger partial charge is 0.00185 e. The van der Waals surface area contributed by atoms with Crippen molar-refractivity contribution in [2.75, 3.05) is 19.6 Å². The highest BCUT2D eigenvalue weighted by Gasteiger charge is 2.05. The highest BCUT2D eigenvalue weighted by atomic mass is 15.1. The molecule has 0 saturated heterocycles. The van der Waals surface area contributed by atoms with E-state index in [2.05, 4.69) is 38.8 Å². The average molecular weight is 548 g/mol. The number of nitrogens with zero attached hydrogens (tertiary/aromatic N) is 1. The molecule has 0 rings (SSSR count). The van der Waals surface area contributed by atoms with Gasteiger partial charge in [-0.1, -0.05) is 187 Å². The highest BCUT2D eigenvalue weighted by Crippen LogP contribution is 2.17. The fraction of sp³-hybridized carbons (Fsp3) is 0.895. The Bertz CT molecular complexity index is 437. The lowest BCUT2D eigenvalue weighted by molar-refractivity contribution is 0.293. The maximum Gasteiger partial charge on any atom is 0.00185 e. The van der Waals surface area contributed by atoms with Crippen LogP contribution in [0.5, 0.6) is 0 Å². The topological polar surface area (TPSA) is 3.24 Å². The SMILES string of the molecule is C=C(CCCCCCCCCCCCC)CCN(CC)CCC(=C)CCCCCCCCCCCCC.CC. The molecule has 234 valence electrons. The van der Waals surface area contributed by atoms with E-state index in [-0.39, 0.29) is 0 Å². The summed E-state index contributed by atoms with van der Waals surface area (Å²) in [6.07, 6.45) is 36.1. The van der Waals surface area contributed by atoms with E-state index in [9.17, 15) is 0 Å². The van der Waals surface area contributed by atoms with Crippen LogP contribution in [0.1, 0.15) is 202 Å². The zero-order valence-corrected chi connectivity index (χ0v) is 28.4. The van der Waals surface area contributed by atoms with E-state index >= 15 is 0 Å². The third kappa shape index (κ3) is 33.5. The molecule has 39 heavy (non-hydrogen) atoms. The molecule has 0 aliphatic rings. The van der Waals surface area contributed by atoms with Crippen molar-refractivity contribution in [3.8, 4) is 0 Å². The number of hydrogen-bond donors (Lipinski definition) is 0. The minimum atomic E-state index is 1.15. The summed E-state index contributed by atoms with van der Waals surface area (Å²) in [6.45, 7) is 23.2. The monoisotopic (exact) mass is 548 g/mol. The molecule has 0 N–H and O–H groups in total. The van der Waals surface area contributed by atoms with Gasteiger partial charge in [-0.2, -0.15) is 0 Å². The summed E-state index contributed by atoms with van der Waals surface area (Å²) in [5.41, 5.74) is 2.93. The molecule has 0 amide bonds. The summed E-state index contributed by atoms with van der Waals surface area (Å²) in [5.74, 6) is 0. The second-order valence-electron chi connectivity index (χ2n) is 12.0. The van der Waals surface area contributed by atoms with Crippen molar-refractivity contribution in [2.24, 2.45) is 0 Å². The predicted octanol–water partition coefficient (Wildman–Crippen LogP) is 13.6. The largest absolute Gasteiger partial charge is 0.303 e. The fourth-order valence-corrected chi connectivity index (χ4v) is 5.39.